The molecule has 6 rings (SSSR count). The maximum Gasteiger partial charge on any atom is 0.246 e. The maximum atomic E-state index is 14.5. The summed E-state index contributed by atoms with van der Waals surface area (Å²) < 4.78 is 34.7. The van der Waals surface area contributed by atoms with Crippen LogP contribution in [-0.2, 0) is 11.8 Å². The molecule has 1 fully saturated rings. The van der Waals surface area contributed by atoms with Crippen molar-refractivity contribution >= 4 is 0 Å². The summed E-state index contributed by atoms with van der Waals surface area (Å²) in [6.07, 6.45) is 13.3. The molecule has 0 amide bonds. The summed E-state index contributed by atoms with van der Waals surface area (Å²) in [4.78, 5) is 13.9. The van der Waals surface area contributed by atoms with E-state index in [4.69, 9.17) is 15.8 Å². The number of rotatable bonds is 5. The molecule has 0 N–H and O–H groups in total. The number of nitrogens with zero attached hydrogens (tertiary/aromatic N) is 5. The van der Waals surface area contributed by atoms with Crippen molar-refractivity contribution in [2.75, 3.05) is 0 Å². The largest absolute Gasteiger partial charge is 0.443 e. The molecule has 36 heavy (non-hydrogen) atoms. The summed E-state index contributed by atoms with van der Waals surface area (Å²) in [5, 5.41) is 8.86. The van der Waals surface area contributed by atoms with E-state index in [0.717, 1.165) is 35.5 Å². The van der Waals surface area contributed by atoms with Crippen molar-refractivity contribution < 1.29 is 13.2 Å². The molecule has 2 aliphatic rings. The molecule has 8 heteroatoms. The van der Waals surface area contributed by atoms with E-state index < -0.39 is 17.0 Å². The first kappa shape index (κ1) is 22.5. The van der Waals surface area contributed by atoms with Crippen molar-refractivity contribution in [3.05, 3.63) is 77.2 Å². The van der Waals surface area contributed by atoms with Crippen LogP contribution in [0.25, 0.3) is 22.8 Å². The Morgan fingerprint density at radius 3 is 2.69 bits per heavy atom. The zero-order valence-electron chi connectivity index (χ0n) is 19.9. The van der Waals surface area contributed by atoms with Gasteiger partial charge in [-0.1, -0.05) is 19.9 Å². The Bertz CT molecular complexity index is 1520. The van der Waals surface area contributed by atoms with Crippen molar-refractivity contribution in [1.29, 1.82) is 0 Å². The van der Waals surface area contributed by atoms with E-state index in [1.807, 2.05) is 0 Å². The molecule has 2 bridgehead atoms. The van der Waals surface area contributed by atoms with Crippen LogP contribution in [0.5, 0.6) is 0 Å². The number of terminal acetylenes is 1. The Labute approximate surface area is 207 Å². The molecule has 2 aliphatic carbocycles. The zero-order valence-corrected chi connectivity index (χ0v) is 19.9. The van der Waals surface area contributed by atoms with Crippen LogP contribution < -0.4 is 0 Å². The average molecular weight is 484 g/mol. The van der Waals surface area contributed by atoms with Gasteiger partial charge >= 0.3 is 0 Å². The Balaban J connectivity index is 1.45. The van der Waals surface area contributed by atoms with Gasteiger partial charge in [-0.05, 0) is 47.9 Å². The minimum Gasteiger partial charge on any atom is -0.443 e. The third kappa shape index (κ3) is 3.05. The molecule has 180 valence electrons. The van der Waals surface area contributed by atoms with E-state index in [9.17, 15) is 8.78 Å². The van der Waals surface area contributed by atoms with Gasteiger partial charge in [0.1, 0.15) is 23.6 Å². The number of fused-ring (bicyclic) bond motifs is 5. The summed E-state index contributed by atoms with van der Waals surface area (Å²) in [7, 11) is 0. The zero-order chi connectivity index (χ0) is 25.1. The van der Waals surface area contributed by atoms with Crippen LogP contribution in [-0.4, -0.2) is 25.1 Å². The first-order chi connectivity index (χ1) is 17.4. The molecule has 1 saturated carbocycles. The van der Waals surface area contributed by atoms with E-state index in [-0.39, 0.29) is 22.6 Å². The number of halogens is 2. The molecule has 0 radical (unpaired) electrons. The summed E-state index contributed by atoms with van der Waals surface area (Å²) in [6.45, 7) is 4.38. The molecule has 2 atom stereocenters. The normalized spacial score (nSPS) is 21.4. The van der Waals surface area contributed by atoms with Crippen molar-refractivity contribution in [3.8, 4) is 35.2 Å². The lowest BCUT2D eigenvalue weighted by Crippen LogP contribution is -2.38. The molecule has 0 spiro atoms. The molecule has 0 aliphatic heterocycles. The van der Waals surface area contributed by atoms with Crippen LogP contribution in [0.4, 0.5) is 8.78 Å². The molecule has 4 aromatic rings. The van der Waals surface area contributed by atoms with Crippen molar-refractivity contribution in [3.63, 3.8) is 0 Å². The molecule has 0 unspecified atom stereocenters. The number of oxazole rings is 1. The number of hydrogen-bond acceptors (Lipinski definition) is 6. The van der Waals surface area contributed by atoms with Gasteiger partial charge in [0, 0.05) is 19.0 Å². The predicted octanol–water partition coefficient (Wildman–Crippen LogP) is 5.64. The highest BCUT2D eigenvalue weighted by molar-refractivity contribution is 5.64. The lowest BCUT2D eigenvalue weighted by Gasteiger charge is -2.37. The van der Waals surface area contributed by atoms with E-state index >= 15 is 0 Å². The second-order valence-corrected chi connectivity index (χ2v) is 9.99. The topological polar surface area (TPSA) is 77.6 Å². The molecule has 0 saturated heterocycles. The first-order valence-corrected chi connectivity index (χ1v) is 11.9. The second kappa shape index (κ2) is 8.02. The van der Waals surface area contributed by atoms with Gasteiger partial charge in [-0.25, -0.2) is 18.7 Å². The van der Waals surface area contributed by atoms with Gasteiger partial charge in [-0.3, -0.25) is 4.98 Å². The Morgan fingerprint density at radius 2 is 1.92 bits per heavy atom. The van der Waals surface area contributed by atoms with Crippen LogP contribution in [0.3, 0.4) is 0 Å². The Hall–Kier alpha value is -3.99. The van der Waals surface area contributed by atoms with Gasteiger partial charge in [0.15, 0.2) is 0 Å². The van der Waals surface area contributed by atoms with Crippen LogP contribution >= 0.6 is 0 Å². The standard InChI is InChI=1S/C28H23F2N5O/c1-4-5-7-16-15-36-26(32-16)22-13-31-14-23(33-22)28-11-10-18(27(28,2)3)17-12-21(34-35-25(17)28)24-19(29)8-6-9-20(24)30/h1,6,8-9,12-15,18H,5,7,10-11H2,2-3H3/t18-,28-/m0/s1. The van der Waals surface area contributed by atoms with E-state index in [1.54, 1.807) is 24.7 Å². The van der Waals surface area contributed by atoms with E-state index in [2.05, 4.69) is 39.9 Å². The van der Waals surface area contributed by atoms with Crippen molar-refractivity contribution in [2.24, 2.45) is 5.41 Å². The van der Waals surface area contributed by atoms with Gasteiger partial charge in [0.2, 0.25) is 5.89 Å². The fraction of sp³-hybridized carbons (Fsp3) is 0.321. The highest BCUT2D eigenvalue weighted by Gasteiger charge is 2.65. The summed E-state index contributed by atoms with van der Waals surface area (Å²) >= 11 is 0. The minimum absolute atomic E-state index is 0.138. The van der Waals surface area contributed by atoms with E-state index in [0.29, 0.717) is 24.4 Å². The third-order valence-electron chi connectivity index (χ3n) is 7.97. The van der Waals surface area contributed by atoms with E-state index in [1.165, 1.54) is 18.2 Å². The predicted molar refractivity (Wildman–Crippen MR) is 129 cm³/mol. The SMILES string of the molecule is C#CCCc1coc(-c2cncc([C@@]34CC[C@@H](c5cc(-c6c(F)cccc6F)nnc53)C4(C)C)n2)n1. The number of benzene rings is 1. The van der Waals surface area contributed by atoms with Gasteiger partial charge in [-0.15, -0.1) is 17.4 Å². The molecule has 6 nitrogen and oxygen atoms in total. The van der Waals surface area contributed by atoms with Gasteiger partial charge < -0.3 is 4.42 Å². The fourth-order valence-corrected chi connectivity index (χ4v) is 6.17. The average Bonchev–Trinajstić information content (AvgIpc) is 3.50. The fourth-order valence-electron chi connectivity index (χ4n) is 6.17. The monoisotopic (exact) mass is 483 g/mol. The van der Waals surface area contributed by atoms with Crippen LogP contribution in [0, 0.1) is 29.4 Å². The quantitative estimate of drug-likeness (QED) is 0.342. The highest BCUT2D eigenvalue weighted by atomic mass is 19.1. The number of hydrogen-bond donors (Lipinski definition) is 0. The van der Waals surface area contributed by atoms with Crippen molar-refractivity contribution in [2.45, 2.75) is 50.9 Å². The third-order valence-corrected chi connectivity index (χ3v) is 7.97. The van der Waals surface area contributed by atoms with Gasteiger partial charge in [0.25, 0.3) is 0 Å². The molecule has 1 aromatic carbocycles. The maximum absolute atomic E-state index is 14.5. The summed E-state index contributed by atoms with van der Waals surface area (Å²) in [6, 6.07) is 5.59. The second-order valence-electron chi connectivity index (χ2n) is 9.99. The Kier molecular flexibility index (Phi) is 5.01. The number of aryl methyl sites for hydroxylation is 1. The highest BCUT2D eigenvalue weighted by Crippen LogP contribution is 2.69. The molecule has 3 aromatic heterocycles. The minimum atomic E-state index is -0.660. The molecular formula is C28H23F2N5O. The van der Waals surface area contributed by atoms with Crippen LogP contribution in [0.1, 0.15) is 61.7 Å². The van der Waals surface area contributed by atoms with Crippen molar-refractivity contribution in [1.82, 2.24) is 25.1 Å². The number of aromatic nitrogens is 5. The first-order valence-electron chi connectivity index (χ1n) is 11.9. The Morgan fingerprint density at radius 1 is 1.11 bits per heavy atom. The smallest absolute Gasteiger partial charge is 0.246 e. The summed E-state index contributed by atoms with van der Waals surface area (Å²) in [5.41, 5.74) is 3.02. The van der Waals surface area contributed by atoms with Crippen LogP contribution in [0.2, 0.25) is 0 Å². The van der Waals surface area contributed by atoms with Gasteiger partial charge in [0.05, 0.1) is 40.0 Å². The molecular weight excluding hydrogens is 460 g/mol. The van der Waals surface area contributed by atoms with Crippen LogP contribution in [0.15, 0.2) is 47.3 Å². The lowest BCUT2D eigenvalue weighted by molar-refractivity contribution is 0.242. The lowest BCUT2D eigenvalue weighted by atomic mass is 9.66. The molecule has 3 heterocycles. The summed E-state index contributed by atoms with van der Waals surface area (Å²) in [5.74, 6) is 1.81. The van der Waals surface area contributed by atoms with Gasteiger partial charge in [-0.2, -0.15) is 5.10 Å².